The summed E-state index contributed by atoms with van der Waals surface area (Å²) < 4.78 is 5.92. The van der Waals surface area contributed by atoms with Crippen LogP contribution in [0.25, 0.3) is 10.9 Å². The number of rotatable bonds is 3. The van der Waals surface area contributed by atoms with Crippen LogP contribution in [0.2, 0.25) is 0 Å². The van der Waals surface area contributed by atoms with E-state index < -0.39 is 5.60 Å². The van der Waals surface area contributed by atoms with E-state index in [1.54, 1.807) is 18.1 Å². The van der Waals surface area contributed by atoms with Crippen LogP contribution in [0.1, 0.15) is 6.42 Å². The van der Waals surface area contributed by atoms with Gasteiger partial charge in [-0.15, -0.1) is 0 Å². The fourth-order valence-electron chi connectivity index (χ4n) is 3.83. The number of anilines is 1. The van der Waals surface area contributed by atoms with E-state index in [0.717, 1.165) is 16.6 Å². The Labute approximate surface area is 164 Å². The van der Waals surface area contributed by atoms with E-state index >= 15 is 0 Å². The highest BCUT2D eigenvalue weighted by Crippen LogP contribution is 2.27. The lowest BCUT2D eigenvalue weighted by Gasteiger charge is -2.41. The molecule has 4 rings (SSSR count). The molecule has 1 aromatic heterocycles. The summed E-state index contributed by atoms with van der Waals surface area (Å²) in [5, 5.41) is 3.92. The highest BCUT2D eigenvalue weighted by Gasteiger charge is 2.45. The summed E-state index contributed by atoms with van der Waals surface area (Å²) in [4.78, 5) is 33.3. The van der Waals surface area contributed by atoms with Crippen molar-refractivity contribution in [1.29, 1.82) is 0 Å². The van der Waals surface area contributed by atoms with E-state index in [-0.39, 0.29) is 18.4 Å². The van der Waals surface area contributed by atoms with Crippen molar-refractivity contribution in [3.63, 3.8) is 0 Å². The van der Waals surface area contributed by atoms with Gasteiger partial charge < -0.3 is 15.0 Å². The smallest absolute Gasteiger partial charge is 0.256 e. The fraction of sp³-hybridized carbons (Fsp3) is 0.381. The molecule has 1 aromatic carbocycles. The molecular formula is C21H24N4O3. The summed E-state index contributed by atoms with van der Waals surface area (Å²) >= 11 is 0. The number of ether oxygens (including phenoxy) is 1. The zero-order valence-corrected chi connectivity index (χ0v) is 15.9. The van der Waals surface area contributed by atoms with E-state index in [4.69, 9.17) is 4.74 Å². The van der Waals surface area contributed by atoms with Gasteiger partial charge in [-0.2, -0.15) is 0 Å². The van der Waals surface area contributed by atoms with E-state index in [2.05, 4.69) is 10.3 Å². The van der Waals surface area contributed by atoms with Gasteiger partial charge in [-0.05, 0) is 24.3 Å². The summed E-state index contributed by atoms with van der Waals surface area (Å²) in [6.45, 7) is 2.27. The quantitative estimate of drug-likeness (QED) is 0.820. The molecule has 2 aromatic rings. The minimum Gasteiger partial charge on any atom is -0.362 e. The molecule has 1 N–H and O–H groups in total. The maximum Gasteiger partial charge on any atom is 0.256 e. The normalized spacial score (nSPS) is 23.2. The molecule has 28 heavy (non-hydrogen) atoms. The third kappa shape index (κ3) is 3.76. The molecule has 3 heterocycles. The number of nitrogens with one attached hydrogen (secondary N) is 1. The molecule has 7 heteroatoms. The predicted molar refractivity (Wildman–Crippen MR) is 107 cm³/mol. The van der Waals surface area contributed by atoms with Gasteiger partial charge in [-0.25, -0.2) is 0 Å². The Kier molecular flexibility index (Phi) is 5.11. The van der Waals surface area contributed by atoms with Gasteiger partial charge in [0.05, 0.1) is 18.7 Å². The zero-order valence-electron chi connectivity index (χ0n) is 15.9. The molecule has 0 saturated carbocycles. The van der Waals surface area contributed by atoms with Crippen LogP contribution in [0.15, 0.2) is 48.7 Å². The average Bonchev–Trinajstić information content (AvgIpc) is 2.82. The number of amides is 2. The molecule has 1 atom stereocenters. The number of fused-ring (bicyclic) bond motifs is 1. The molecule has 7 nitrogen and oxygen atoms in total. The molecular weight excluding hydrogens is 356 g/mol. The van der Waals surface area contributed by atoms with Gasteiger partial charge in [0.15, 0.2) is 5.60 Å². The Morgan fingerprint density at radius 1 is 1.32 bits per heavy atom. The molecule has 0 unspecified atom stereocenters. The molecule has 0 bridgehead atoms. The number of hydrogen-bond donors (Lipinski definition) is 1. The van der Waals surface area contributed by atoms with Crippen molar-refractivity contribution in [3.8, 4) is 0 Å². The monoisotopic (exact) mass is 380 g/mol. The fourth-order valence-corrected chi connectivity index (χ4v) is 3.83. The first kappa shape index (κ1) is 18.6. The Morgan fingerprint density at radius 2 is 2.21 bits per heavy atom. The molecule has 146 valence electrons. The zero-order chi connectivity index (χ0) is 19.6. The van der Waals surface area contributed by atoms with Crippen molar-refractivity contribution in [2.24, 2.45) is 0 Å². The third-order valence-corrected chi connectivity index (χ3v) is 5.25. The summed E-state index contributed by atoms with van der Waals surface area (Å²) in [5.41, 5.74) is 0.732. The van der Waals surface area contributed by atoms with Gasteiger partial charge in [0.2, 0.25) is 5.91 Å². The number of hydrogen-bond acceptors (Lipinski definition) is 5. The number of likely N-dealkylation sites (N-methyl/N-ethyl adjacent to an activating group) is 1. The maximum absolute atomic E-state index is 12.8. The highest BCUT2D eigenvalue weighted by atomic mass is 16.5. The lowest BCUT2D eigenvalue weighted by Crippen LogP contribution is -2.60. The lowest BCUT2D eigenvalue weighted by molar-refractivity contribution is -0.168. The first-order valence-electron chi connectivity index (χ1n) is 9.47. The van der Waals surface area contributed by atoms with Gasteiger partial charge in [0.25, 0.3) is 5.91 Å². The van der Waals surface area contributed by atoms with Crippen LogP contribution in [0.5, 0.6) is 0 Å². The second-order valence-electron chi connectivity index (χ2n) is 7.37. The van der Waals surface area contributed by atoms with Crippen LogP contribution in [0.3, 0.4) is 0 Å². The van der Waals surface area contributed by atoms with Gasteiger partial charge in [0.1, 0.15) is 0 Å². The summed E-state index contributed by atoms with van der Waals surface area (Å²) in [7, 11) is 1.78. The van der Waals surface area contributed by atoms with E-state index in [1.807, 2.05) is 47.4 Å². The lowest BCUT2D eigenvalue weighted by atomic mass is 9.95. The minimum atomic E-state index is -0.894. The Hall–Kier alpha value is -2.77. The molecule has 2 amide bonds. The molecule has 0 aliphatic carbocycles. The largest absolute Gasteiger partial charge is 0.362 e. The van der Waals surface area contributed by atoms with Crippen molar-refractivity contribution >= 4 is 28.4 Å². The van der Waals surface area contributed by atoms with Crippen molar-refractivity contribution in [2.45, 2.75) is 12.0 Å². The van der Waals surface area contributed by atoms with Crippen LogP contribution in [-0.2, 0) is 14.3 Å². The Bertz CT molecular complexity index is 929. The van der Waals surface area contributed by atoms with Crippen LogP contribution < -0.4 is 5.32 Å². The van der Waals surface area contributed by atoms with Gasteiger partial charge in [0, 0.05) is 50.4 Å². The number of benzene rings is 1. The van der Waals surface area contributed by atoms with Gasteiger partial charge >= 0.3 is 0 Å². The predicted octanol–water partition coefficient (Wildman–Crippen LogP) is 1.66. The molecule has 1 fully saturated rings. The molecule has 2 aliphatic heterocycles. The van der Waals surface area contributed by atoms with Crippen LogP contribution in [0, 0.1) is 0 Å². The van der Waals surface area contributed by atoms with E-state index in [0.29, 0.717) is 32.7 Å². The standard InChI is InChI=1S/C21H24N4O3/c1-24-10-3-2-8-21(20(24)27)15-25(11-12-28-21)14-19(26)23-17-6-7-18-16(13-17)5-4-9-22-18/h2-7,9,13H,8,10-12,14-15H2,1H3,(H,23,26)/t21-/m1/s1. The van der Waals surface area contributed by atoms with E-state index in [1.165, 1.54) is 0 Å². The van der Waals surface area contributed by atoms with Crippen LogP contribution in [0.4, 0.5) is 5.69 Å². The topological polar surface area (TPSA) is 74.8 Å². The molecule has 1 saturated heterocycles. The maximum atomic E-state index is 12.8. The second kappa shape index (κ2) is 7.69. The number of carbonyl (C=O) groups is 2. The molecule has 1 spiro atoms. The summed E-state index contributed by atoms with van der Waals surface area (Å²) in [6, 6.07) is 9.49. The van der Waals surface area contributed by atoms with Crippen molar-refractivity contribution in [1.82, 2.24) is 14.8 Å². The number of morpholine rings is 1. The minimum absolute atomic E-state index is 0.0235. The third-order valence-electron chi connectivity index (χ3n) is 5.25. The van der Waals surface area contributed by atoms with Gasteiger partial charge in [-0.3, -0.25) is 19.5 Å². The SMILES string of the molecule is CN1CC=CC[C@@]2(CN(CC(=O)Nc3ccc4ncccc4c3)CCO2)C1=O. The van der Waals surface area contributed by atoms with Crippen LogP contribution >= 0.6 is 0 Å². The van der Waals surface area contributed by atoms with Crippen molar-refractivity contribution in [2.75, 3.05) is 45.2 Å². The van der Waals surface area contributed by atoms with Crippen molar-refractivity contribution < 1.29 is 14.3 Å². The average molecular weight is 380 g/mol. The van der Waals surface area contributed by atoms with Crippen molar-refractivity contribution in [3.05, 3.63) is 48.7 Å². The highest BCUT2D eigenvalue weighted by molar-refractivity contribution is 5.95. The second-order valence-corrected chi connectivity index (χ2v) is 7.37. The number of aromatic nitrogens is 1. The number of nitrogens with zero attached hydrogens (tertiary/aromatic N) is 3. The molecule has 0 radical (unpaired) electrons. The Morgan fingerprint density at radius 3 is 3.11 bits per heavy atom. The van der Waals surface area contributed by atoms with Gasteiger partial charge in [-0.1, -0.05) is 18.2 Å². The summed E-state index contributed by atoms with van der Waals surface area (Å²) in [6.07, 6.45) is 6.26. The van der Waals surface area contributed by atoms with Crippen LogP contribution in [-0.4, -0.2) is 72.0 Å². The van der Waals surface area contributed by atoms with E-state index in [9.17, 15) is 9.59 Å². The number of carbonyl (C=O) groups excluding carboxylic acids is 2. The number of pyridine rings is 1. The molecule has 2 aliphatic rings. The Balaban J connectivity index is 1.42. The first-order chi connectivity index (χ1) is 13.6. The first-order valence-corrected chi connectivity index (χ1v) is 9.47. The summed E-state index contributed by atoms with van der Waals surface area (Å²) in [5.74, 6) is -0.130.